The van der Waals surface area contributed by atoms with Crippen molar-refractivity contribution in [1.82, 2.24) is 0 Å². The Morgan fingerprint density at radius 2 is 1.80 bits per heavy atom. The van der Waals surface area contributed by atoms with Gasteiger partial charge in [-0.1, -0.05) is 30.3 Å². The summed E-state index contributed by atoms with van der Waals surface area (Å²) in [5.74, 6) is 0. The van der Waals surface area contributed by atoms with Gasteiger partial charge in [0.2, 0.25) is 0 Å². The van der Waals surface area contributed by atoms with Crippen molar-refractivity contribution in [2.45, 2.75) is 6.30 Å². The van der Waals surface area contributed by atoms with Gasteiger partial charge in [-0.3, -0.25) is 10.1 Å². The van der Waals surface area contributed by atoms with E-state index >= 15 is 0 Å². The molecule has 2 aromatic carbocycles. The number of rotatable bonds is 2. The van der Waals surface area contributed by atoms with E-state index in [1.54, 1.807) is 12.1 Å². The lowest BCUT2D eigenvalue weighted by molar-refractivity contribution is -0.560. The van der Waals surface area contributed by atoms with Gasteiger partial charge in [0.15, 0.2) is 0 Å². The van der Waals surface area contributed by atoms with Gasteiger partial charge < -0.3 is 0 Å². The maximum Gasteiger partial charge on any atom is 0.375 e. The highest BCUT2D eigenvalue weighted by molar-refractivity contribution is 5.83. The first-order chi connectivity index (χ1) is 7.18. The van der Waals surface area contributed by atoms with E-state index in [-0.39, 0.29) is 5.56 Å². The highest BCUT2D eigenvalue weighted by atomic mass is 19.1. The molecule has 3 nitrogen and oxygen atoms in total. The fourth-order valence-electron chi connectivity index (χ4n) is 1.48. The van der Waals surface area contributed by atoms with E-state index in [0.29, 0.717) is 0 Å². The SMILES string of the molecule is O=[N+]([O-])[C@@H](F)c1ccc2ccccc2c1. The van der Waals surface area contributed by atoms with Crippen molar-refractivity contribution >= 4 is 10.8 Å². The van der Waals surface area contributed by atoms with E-state index in [2.05, 4.69) is 0 Å². The van der Waals surface area contributed by atoms with E-state index in [1.807, 2.05) is 18.2 Å². The second-order valence-corrected chi connectivity index (χ2v) is 3.23. The molecule has 2 aromatic rings. The van der Waals surface area contributed by atoms with Crippen LogP contribution in [0.25, 0.3) is 10.8 Å². The third-order valence-corrected chi connectivity index (χ3v) is 2.23. The van der Waals surface area contributed by atoms with Gasteiger partial charge in [-0.15, -0.1) is 0 Å². The van der Waals surface area contributed by atoms with Crippen LogP contribution in [0.1, 0.15) is 11.9 Å². The lowest BCUT2D eigenvalue weighted by Crippen LogP contribution is -2.03. The minimum Gasteiger partial charge on any atom is -0.261 e. The fraction of sp³-hybridized carbons (Fsp3) is 0.0909. The van der Waals surface area contributed by atoms with Crippen LogP contribution in [0.4, 0.5) is 4.39 Å². The Morgan fingerprint density at radius 3 is 2.47 bits per heavy atom. The maximum absolute atomic E-state index is 13.1. The molecule has 0 spiro atoms. The molecule has 0 amide bonds. The zero-order valence-corrected chi connectivity index (χ0v) is 7.76. The molecule has 0 heterocycles. The van der Waals surface area contributed by atoms with Gasteiger partial charge in [-0.25, -0.2) is 0 Å². The zero-order chi connectivity index (χ0) is 10.8. The molecule has 0 fully saturated rings. The fourth-order valence-corrected chi connectivity index (χ4v) is 1.48. The topological polar surface area (TPSA) is 43.1 Å². The van der Waals surface area contributed by atoms with E-state index in [0.717, 1.165) is 10.8 Å². The third kappa shape index (κ3) is 1.79. The molecular formula is C11H8FNO2. The predicted molar refractivity (Wildman–Crippen MR) is 54.8 cm³/mol. The van der Waals surface area contributed by atoms with Crippen LogP contribution in [0.15, 0.2) is 42.5 Å². The molecule has 0 unspecified atom stereocenters. The van der Waals surface area contributed by atoms with Crippen LogP contribution in [0.3, 0.4) is 0 Å². The zero-order valence-electron chi connectivity index (χ0n) is 7.76. The lowest BCUT2D eigenvalue weighted by Gasteiger charge is -2.02. The van der Waals surface area contributed by atoms with Crippen molar-refractivity contribution in [3.8, 4) is 0 Å². The summed E-state index contributed by atoms with van der Waals surface area (Å²) in [7, 11) is 0. The van der Waals surface area contributed by atoms with E-state index in [9.17, 15) is 14.5 Å². The Morgan fingerprint density at radius 1 is 1.13 bits per heavy atom. The highest BCUT2D eigenvalue weighted by Gasteiger charge is 2.20. The Balaban J connectivity index is 2.51. The van der Waals surface area contributed by atoms with Gasteiger partial charge in [0.05, 0.1) is 10.5 Å². The molecule has 0 N–H and O–H groups in total. The number of benzene rings is 2. The van der Waals surface area contributed by atoms with Crippen molar-refractivity contribution in [2.24, 2.45) is 0 Å². The molecule has 15 heavy (non-hydrogen) atoms. The van der Waals surface area contributed by atoms with E-state index in [4.69, 9.17) is 0 Å². The number of nitrogens with zero attached hydrogens (tertiary/aromatic N) is 1. The van der Waals surface area contributed by atoms with Crippen LogP contribution < -0.4 is 0 Å². The second-order valence-electron chi connectivity index (χ2n) is 3.23. The Kier molecular flexibility index (Phi) is 2.33. The summed E-state index contributed by atoms with van der Waals surface area (Å²) in [6, 6.07) is 12.0. The number of hydrogen-bond acceptors (Lipinski definition) is 2. The van der Waals surface area contributed by atoms with Gasteiger partial charge in [0.1, 0.15) is 0 Å². The number of alkyl halides is 1. The van der Waals surface area contributed by atoms with Crippen molar-refractivity contribution in [1.29, 1.82) is 0 Å². The first kappa shape index (κ1) is 9.58. The van der Waals surface area contributed by atoms with Gasteiger partial charge in [-0.2, -0.15) is 4.39 Å². The van der Waals surface area contributed by atoms with Crippen molar-refractivity contribution in [3.63, 3.8) is 0 Å². The molecule has 0 aliphatic rings. The monoisotopic (exact) mass is 205 g/mol. The van der Waals surface area contributed by atoms with Gasteiger partial charge in [0, 0.05) is 0 Å². The van der Waals surface area contributed by atoms with Crippen LogP contribution in [0.2, 0.25) is 0 Å². The highest BCUT2D eigenvalue weighted by Crippen LogP contribution is 2.22. The summed E-state index contributed by atoms with van der Waals surface area (Å²) in [4.78, 5) is 9.33. The minimum atomic E-state index is -2.14. The molecule has 76 valence electrons. The number of fused-ring (bicyclic) bond motifs is 1. The normalized spacial score (nSPS) is 12.6. The summed E-state index contributed by atoms with van der Waals surface area (Å²) in [6.45, 7) is 0. The maximum atomic E-state index is 13.1. The van der Waals surface area contributed by atoms with Gasteiger partial charge >= 0.3 is 6.30 Å². The van der Waals surface area contributed by atoms with Crippen molar-refractivity contribution in [3.05, 3.63) is 58.1 Å². The Hall–Kier alpha value is -1.97. The molecule has 0 aromatic heterocycles. The Labute approximate surface area is 85.3 Å². The van der Waals surface area contributed by atoms with Crippen LogP contribution in [-0.2, 0) is 0 Å². The average molecular weight is 205 g/mol. The second kappa shape index (κ2) is 3.65. The molecule has 0 saturated heterocycles. The van der Waals surface area contributed by atoms with Gasteiger partial charge in [-0.05, 0) is 22.9 Å². The molecule has 2 rings (SSSR count). The van der Waals surface area contributed by atoms with Crippen molar-refractivity contribution in [2.75, 3.05) is 0 Å². The number of hydrogen-bond donors (Lipinski definition) is 0. The summed E-state index contributed by atoms with van der Waals surface area (Å²) in [6.07, 6.45) is -2.14. The summed E-state index contributed by atoms with van der Waals surface area (Å²) in [5, 5.41) is 12.0. The van der Waals surface area contributed by atoms with Crippen LogP contribution in [0, 0.1) is 10.1 Å². The third-order valence-electron chi connectivity index (χ3n) is 2.23. The lowest BCUT2D eigenvalue weighted by atomic mass is 10.1. The molecule has 1 atom stereocenters. The number of nitro groups is 1. The summed E-state index contributed by atoms with van der Waals surface area (Å²) < 4.78 is 13.1. The molecular weight excluding hydrogens is 197 g/mol. The minimum absolute atomic E-state index is 0.0821. The van der Waals surface area contributed by atoms with E-state index < -0.39 is 11.2 Å². The smallest absolute Gasteiger partial charge is 0.261 e. The van der Waals surface area contributed by atoms with Crippen LogP contribution in [0.5, 0.6) is 0 Å². The van der Waals surface area contributed by atoms with Crippen LogP contribution >= 0.6 is 0 Å². The molecule has 4 heteroatoms. The van der Waals surface area contributed by atoms with Gasteiger partial charge in [0.25, 0.3) is 0 Å². The largest absolute Gasteiger partial charge is 0.375 e. The quantitative estimate of drug-likeness (QED) is 0.429. The molecule has 0 aliphatic heterocycles. The summed E-state index contributed by atoms with van der Waals surface area (Å²) in [5.41, 5.74) is 0.0821. The summed E-state index contributed by atoms with van der Waals surface area (Å²) >= 11 is 0. The number of halogens is 1. The molecule has 0 aliphatic carbocycles. The van der Waals surface area contributed by atoms with Crippen LogP contribution in [-0.4, -0.2) is 4.92 Å². The Bertz CT molecular complexity index is 513. The predicted octanol–water partition coefficient (Wildman–Crippen LogP) is 3.08. The molecule has 0 saturated carbocycles. The first-order valence-electron chi connectivity index (χ1n) is 4.45. The van der Waals surface area contributed by atoms with E-state index in [1.165, 1.54) is 12.1 Å². The first-order valence-corrected chi connectivity index (χ1v) is 4.45. The average Bonchev–Trinajstić information content (AvgIpc) is 2.27. The molecule has 0 bridgehead atoms. The molecule has 0 radical (unpaired) electrons. The standard InChI is InChI=1S/C11H8FNO2/c12-11(13(14)15)10-6-5-8-3-1-2-4-9(8)7-10/h1-7,11H/t11-/m1/s1. The van der Waals surface area contributed by atoms with Crippen molar-refractivity contribution < 1.29 is 9.31 Å².